The van der Waals surface area contributed by atoms with Gasteiger partial charge in [-0.25, -0.2) is 0 Å². The predicted octanol–water partition coefficient (Wildman–Crippen LogP) is 1.61. The Labute approximate surface area is 99.8 Å². The highest BCUT2D eigenvalue weighted by molar-refractivity contribution is 4.88. The van der Waals surface area contributed by atoms with Crippen molar-refractivity contribution in [2.75, 3.05) is 39.5 Å². The molecule has 1 fully saturated rings. The summed E-state index contributed by atoms with van der Waals surface area (Å²) in [5, 5.41) is 9.45. The Morgan fingerprint density at radius 2 is 1.62 bits per heavy atom. The molecular formula is C13H27NO2. The van der Waals surface area contributed by atoms with Gasteiger partial charge in [0, 0.05) is 19.6 Å². The topological polar surface area (TPSA) is 32.7 Å². The zero-order valence-corrected chi connectivity index (χ0v) is 11.2. The van der Waals surface area contributed by atoms with Crippen LogP contribution in [0.1, 0.15) is 27.7 Å². The molecule has 0 radical (unpaired) electrons. The van der Waals surface area contributed by atoms with Gasteiger partial charge in [-0.1, -0.05) is 27.7 Å². The summed E-state index contributed by atoms with van der Waals surface area (Å²) in [6, 6.07) is 0. The van der Waals surface area contributed by atoms with E-state index in [1.165, 1.54) is 0 Å². The number of nitrogens with zero attached hydrogens (tertiary/aromatic N) is 1. The third-order valence-electron chi connectivity index (χ3n) is 2.96. The summed E-state index contributed by atoms with van der Waals surface area (Å²) in [6.45, 7) is 13.9. The van der Waals surface area contributed by atoms with Crippen LogP contribution in [-0.2, 0) is 4.74 Å². The number of ether oxygens (including phenoxy) is 1. The number of rotatable bonds is 7. The van der Waals surface area contributed by atoms with Crippen LogP contribution in [0, 0.1) is 17.3 Å². The summed E-state index contributed by atoms with van der Waals surface area (Å²) >= 11 is 0. The minimum Gasteiger partial charge on any atom is -0.396 e. The first-order valence-corrected chi connectivity index (χ1v) is 6.38. The number of hydrogen-bond acceptors (Lipinski definition) is 3. The fourth-order valence-corrected chi connectivity index (χ4v) is 2.33. The minimum absolute atomic E-state index is 0.0176. The van der Waals surface area contributed by atoms with Gasteiger partial charge in [-0.05, 0) is 11.8 Å². The third kappa shape index (κ3) is 4.04. The molecule has 0 aromatic carbocycles. The zero-order chi connectivity index (χ0) is 12.2. The predicted molar refractivity (Wildman–Crippen MR) is 66.5 cm³/mol. The smallest absolute Gasteiger partial charge is 0.0579 e. The van der Waals surface area contributed by atoms with Gasteiger partial charge < -0.3 is 14.7 Å². The second-order valence-corrected chi connectivity index (χ2v) is 6.13. The third-order valence-corrected chi connectivity index (χ3v) is 2.96. The lowest BCUT2D eigenvalue weighted by molar-refractivity contribution is -0.149. The van der Waals surface area contributed by atoms with E-state index < -0.39 is 0 Å². The van der Waals surface area contributed by atoms with E-state index in [1.54, 1.807) is 0 Å². The van der Waals surface area contributed by atoms with Gasteiger partial charge in [-0.3, -0.25) is 0 Å². The number of hydrogen-bond donors (Lipinski definition) is 1. The lowest BCUT2D eigenvalue weighted by Gasteiger charge is -2.44. The summed E-state index contributed by atoms with van der Waals surface area (Å²) < 4.78 is 5.25. The van der Waals surface area contributed by atoms with Crippen molar-refractivity contribution in [2.45, 2.75) is 27.7 Å². The van der Waals surface area contributed by atoms with Gasteiger partial charge in [-0.2, -0.15) is 0 Å². The average molecular weight is 229 g/mol. The molecule has 0 amide bonds. The van der Waals surface area contributed by atoms with Crippen LogP contribution in [0.5, 0.6) is 0 Å². The highest BCUT2D eigenvalue weighted by atomic mass is 16.5. The van der Waals surface area contributed by atoms with E-state index in [2.05, 4.69) is 32.6 Å². The quantitative estimate of drug-likeness (QED) is 0.720. The lowest BCUT2D eigenvalue weighted by Crippen LogP contribution is -2.54. The molecule has 0 bridgehead atoms. The fraction of sp³-hybridized carbons (Fsp3) is 1.00. The van der Waals surface area contributed by atoms with Gasteiger partial charge in [0.05, 0.1) is 25.2 Å². The molecule has 1 rings (SSSR count). The summed E-state index contributed by atoms with van der Waals surface area (Å²) in [6.07, 6.45) is 0. The molecule has 0 aromatic heterocycles. The minimum atomic E-state index is 0.0176. The van der Waals surface area contributed by atoms with E-state index in [1.807, 2.05) is 0 Å². The van der Waals surface area contributed by atoms with Crippen molar-refractivity contribution in [2.24, 2.45) is 17.3 Å². The molecule has 0 unspecified atom stereocenters. The summed E-state index contributed by atoms with van der Waals surface area (Å²) in [5.41, 5.74) is 0.0176. The van der Waals surface area contributed by atoms with Crippen molar-refractivity contribution >= 4 is 0 Å². The van der Waals surface area contributed by atoms with E-state index in [4.69, 9.17) is 4.74 Å². The largest absolute Gasteiger partial charge is 0.396 e. The van der Waals surface area contributed by atoms with E-state index in [-0.39, 0.29) is 12.0 Å². The van der Waals surface area contributed by atoms with Crippen LogP contribution in [0.4, 0.5) is 0 Å². The average Bonchev–Trinajstić information content (AvgIpc) is 2.09. The molecule has 16 heavy (non-hydrogen) atoms. The Balaban J connectivity index is 2.48. The van der Waals surface area contributed by atoms with Crippen LogP contribution in [0.2, 0.25) is 0 Å². The molecule has 96 valence electrons. The molecular weight excluding hydrogens is 202 g/mol. The fourth-order valence-electron chi connectivity index (χ4n) is 2.33. The first kappa shape index (κ1) is 13.9. The maximum atomic E-state index is 9.45. The molecule has 1 saturated heterocycles. The standard InChI is InChI=1S/C13H27NO2/c1-11(2)5-14(6-12(3)4)7-13(8-15)9-16-10-13/h11-12,15H,5-10H2,1-4H3. The SMILES string of the molecule is CC(C)CN(CC(C)C)CC1(CO)COC1. The molecule has 1 heterocycles. The van der Waals surface area contributed by atoms with Gasteiger partial charge in [-0.15, -0.1) is 0 Å². The van der Waals surface area contributed by atoms with E-state index in [0.717, 1.165) is 32.8 Å². The second-order valence-electron chi connectivity index (χ2n) is 6.13. The normalized spacial score (nSPS) is 19.5. The molecule has 0 spiro atoms. The van der Waals surface area contributed by atoms with Gasteiger partial charge in [0.15, 0.2) is 0 Å². The van der Waals surface area contributed by atoms with Gasteiger partial charge in [0.2, 0.25) is 0 Å². The maximum Gasteiger partial charge on any atom is 0.0579 e. The molecule has 3 nitrogen and oxygen atoms in total. The van der Waals surface area contributed by atoms with Gasteiger partial charge >= 0.3 is 0 Å². The second kappa shape index (κ2) is 5.99. The molecule has 0 atom stereocenters. The number of aliphatic hydroxyl groups excluding tert-OH is 1. The number of aliphatic hydroxyl groups is 1. The molecule has 0 aliphatic carbocycles. The van der Waals surface area contributed by atoms with Crippen molar-refractivity contribution in [1.82, 2.24) is 4.90 Å². The van der Waals surface area contributed by atoms with Gasteiger partial charge in [0.25, 0.3) is 0 Å². The highest BCUT2D eigenvalue weighted by Gasteiger charge is 2.39. The Hall–Kier alpha value is -0.120. The molecule has 1 N–H and O–H groups in total. The monoisotopic (exact) mass is 229 g/mol. The van der Waals surface area contributed by atoms with Crippen LogP contribution in [0.15, 0.2) is 0 Å². The Kier molecular flexibility index (Phi) is 5.22. The van der Waals surface area contributed by atoms with Crippen LogP contribution < -0.4 is 0 Å². The van der Waals surface area contributed by atoms with Crippen molar-refractivity contribution in [1.29, 1.82) is 0 Å². The van der Waals surface area contributed by atoms with Crippen molar-refractivity contribution < 1.29 is 9.84 Å². The summed E-state index contributed by atoms with van der Waals surface area (Å²) in [4.78, 5) is 2.48. The Morgan fingerprint density at radius 3 is 1.88 bits per heavy atom. The first-order chi connectivity index (χ1) is 7.47. The highest BCUT2D eigenvalue weighted by Crippen LogP contribution is 2.28. The van der Waals surface area contributed by atoms with Crippen LogP contribution >= 0.6 is 0 Å². The van der Waals surface area contributed by atoms with E-state index in [0.29, 0.717) is 11.8 Å². The van der Waals surface area contributed by atoms with Crippen molar-refractivity contribution in [3.63, 3.8) is 0 Å². The first-order valence-electron chi connectivity index (χ1n) is 6.38. The summed E-state index contributed by atoms with van der Waals surface area (Å²) in [5.74, 6) is 1.35. The molecule has 0 aromatic rings. The zero-order valence-electron chi connectivity index (χ0n) is 11.2. The van der Waals surface area contributed by atoms with Crippen molar-refractivity contribution in [3.05, 3.63) is 0 Å². The van der Waals surface area contributed by atoms with E-state index in [9.17, 15) is 5.11 Å². The van der Waals surface area contributed by atoms with Crippen LogP contribution in [0.25, 0.3) is 0 Å². The molecule has 1 aliphatic heterocycles. The van der Waals surface area contributed by atoms with Crippen molar-refractivity contribution in [3.8, 4) is 0 Å². The van der Waals surface area contributed by atoms with Crippen LogP contribution in [-0.4, -0.2) is 49.5 Å². The molecule has 3 heteroatoms. The maximum absolute atomic E-state index is 9.45. The van der Waals surface area contributed by atoms with Gasteiger partial charge in [0.1, 0.15) is 0 Å². The Morgan fingerprint density at radius 1 is 1.12 bits per heavy atom. The van der Waals surface area contributed by atoms with E-state index >= 15 is 0 Å². The molecule has 0 saturated carbocycles. The molecule has 1 aliphatic rings. The lowest BCUT2D eigenvalue weighted by atomic mass is 9.86. The summed E-state index contributed by atoms with van der Waals surface area (Å²) in [7, 11) is 0. The van der Waals surface area contributed by atoms with Crippen LogP contribution in [0.3, 0.4) is 0 Å². The Bertz CT molecular complexity index is 185.